The average molecular weight is 421 g/mol. The fraction of sp³-hybridized carbons (Fsp3) is 0.609. The van der Waals surface area contributed by atoms with E-state index in [1.54, 1.807) is 0 Å². The smallest absolute Gasteiger partial charge is 0.252 e. The second-order valence-corrected chi connectivity index (χ2v) is 9.89. The molecular weight excluding hydrogens is 391 g/mol. The van der Waals surface area contributed by atoms with Crippen LogP contribution >= 0.6 is 24.0 Å². The molecule has 1 aromatic rings. The number of nitrogens with one attached hydrogen (secondary N) is 2. The number of rotatable bonds is 4. The zero-order valence-corrected chi connectivity index (χ0v) is 17.9. The minimum absolute atomic E-state index is 0. The van der Waals surface area contributed by atoms with Crippen molar-refractivity contribution in [2.24, 2.45) is 23.2 Å². The SMILES string of the molecule is Cl.O=C(NCC12CC3CC(CC(C3)C1)C2)c1cc(C2=CCNCC2)ccc1Cl. The van der Waals surface area contributed by atoms with E-state index < -0.39 is 0 Å². The van der Waals surface area contributed by atoms with Gasteiger partial charge in [0, 0.05) is 13.1 Å². The third kappa shape index (κ3) is 3.86. The molecule has 4 bridgehead atoms. The molecule has 2 N–H and O–H groups in total. The van der Waals surface area contributed by atoms with Crippen LogP contribution in [0.1, 0.15) is 60.9 Å². The molecule has 4 saturated carbocycles. The van der Waals surface area contributed by atoms with Gasteiger partial charge in [-0.2, -0.15) is 0 Å². The summed E-state index contributed by atoms with van der Waals surface area (Å²) in [6, 6.07) is 5.89. The highest BCUT2D eigenvalue weighted by molar-refractivity contribution is 6.33. The topological polar surface area (TPSA) is 41.1 Å². The normalized spacial score (nSPS) is 33.2. The maximum absolute atomic E-state index is 13.0. The van der Waals surface area contributed by atoms with Gasteiger partial charge in [-0.25, -0.2) is 0 Å². The monoisotopic (exact) mass is 420 g/mol. The molecule has 1 aliphatic heterocycles. The average Bonchev–Trinajstić information content (AvgIpc) is 2.66. The molecule has 1 heterocycles. The van der Waals surface area contributed by atoms with Gasteiger partial charge in [0.1, 0.15) is 0 Å². The second-order valence-electron chi connectivity index (χ2n) is 9.48. The summed E-state index contributed by atoms with van der Waals surface area (Å²) in [7, 11) is 0. The molecule has 0 atom stereocenters. The molecule has 1 amide bonds. The van der Waals surface area contributed by atoms with Crippen molar-refractivity contribution >= 4 is 35.5 Å². The van der Waals surface area contributed by atoms with Crippen LogP contribution in [0.2, 0.25) is 5.02 Å². The Morgan fingerprint density at radius 3 is 2.43 bits per heavy atom. The van der Waals surface area contributed by atoms with Gasteiger partial charge in [-0.1, -0.05) is 23.7 Å². The lowest BCUT2D eigenvalue weighted by molar-refractivity contribution is -0.0503. The highest BCUT2D eigenvalue weighted by Crippen LogP contribution is 2.59. The van der Waals surface area contributed by atoms with Crippen molar-refractivity contribution in [3.63, 3.8) is 0 Å². The predicted octanol–water partition coefficient (Wildman–Crippen LogP) is 5.08. The summed E-state index contributed by atoms with van der Waals surface area (Å²) in [4.78, 5) is 13.0. The lowest BCUT2D eigenvalue weighted by Gasteiger charge is -2.56. The molecule has 3 nitrogen and oxygen atoms in total. The predicted molar refractivity (Wildman–Crippen MR) is 117 cm³/mol. The molecule has 6 rings (SSSR count). The largest absolute Gasteiger partial charge is 0.351 e. The number of benzene rings is 1. The van der Waals surface area contributed by atoms with Gasteiger partial charge in [0.25, 0.3) is 5.91 Å². The van der Waals surface area contributed by atoms with Crippen LogP contribution in [-0.4, -0.2) is 25.5 Å². The lowest BCUT2D eigenvalue weighted by atomic mass is 9.49. The van der Waals surface area contributed by atoms with Crippen LogP contribution in [0.5, 0.6) is 0 Å². The Bertz CT molecular complexity index is 754. The van der Waals surface area contributed by atoms with Crippen LogP contribution < -0.4 is 10.6 Å². The van der Waals surface area contributed by atoms with Crippen molar-refractivity contribution in [1.29, 1.82) is 0 Å². The Hall–Kier alpha value is -1.03. The minimum Gasteiger partial charge on any atom is -0.351 e. The van der Waals surface area contributed by atoms with E-state index in [4.69, 9.17) is 11.6 Å². The first-order valence-electron chi connectivity index (χ1n) is 10.6. The van der Waals surface area contributed by atoms with Crippen LogP contribution in [0.15, 0.2) is 24.3 Å². The van der Waals surface area contributed by atoms with Gasteiger partial charge >= 0.3 is 0 Å². The Balaban J connectivity index is 0.00000192. The number of hydrogen-bond donors (Lipinski definition) is 2. The standard InChI is InChI=1S/C23H29ClN2O.ClH/c24-21-2-1-19(18-3-5-25-6-4-18)10-20(21)22(27)26-14-23-11-15-7-16(12-23)9-17(8-15)13-23;/h1-3,10,15-17,25H,4-9,11-14H2,(H,26,27);1H. The maximum Gasteiger partial charge on any atom is 0.252 e. The van der Waals surface area contributed by atoms with E-state index in [1.165, 1.54) is 44.1 Å². The van der Waals surface area contributed by atoms with Crippen LogP contribution in [0.4, 0.5) is 0 Å². The molecule has 4 fully saturated rings. The van der Waals surface area contributed by atoms with Crippen molar-refractivity contribution in [3.8, 4) is 0 Å². The summed E-state index contributed by atoms with van der Waals surface area (Å²) < 4.78 is 0. The third-order valence-electron chi connectivity index (χ3n) is 7.43. The molecule has 5 aliphatic rings. The summed E-state index contributed by atoms with van der Waals surface area (Å²) >= 11 is 6.39. The summed E-state index contributed by atoms with van der Waals surface area (Å²) in [5.74, 6) is 2.72. The van der Waals surface area contributed by atoms with E-state index in [0.29, 0.717) is 16.0 Å². The highest BCUT2D eigenvalue weighted by atomic mass is 35.5. The first-order chi connectivity index (χ1) is 13.1. The molecule has 0 spiro atoms. The molecule has 0 aromatic heterocycles. The molecule has 5 heteroatoms. The Kier molecular flexibility index (Phi) is 5.79. The number of halogens is 2. The molecule has 1 aromatic carbocycles. The van der Waals surface area contributed by atoms with Crippen molar-refractivity contribution in [1.82, 2.24) is 10.6 Å². The molecule has 152 valence electrons. The van der Waals surface area contributed by atoms with E-state index in [0.717, 1.165) is 49.4 Å². The van der Waals surface area contributed by atoms with E-state index in [2.05, 4.69) is 16.7 Å². The Morgan fingerprint density at radius 2 is 1.82 bits per heavy atom. The van der Waals surface area contributed by atoms with Crippen molar-refractivity contribution in [3.05, 3.63) is 40.4 Å². The quantitative estimate of drug-likeness (QED) is 0.712. The van der Waals surface area contributed by atoms with E-state index in [-0.39, 0.29) is 18.3 Å². The van der Waals surface area contributed by atoms with Gasteiger partial charge < -0.3 is 10.6 Å². The highest BCUT2D eigenvalue weighted by Gasteiger charge is 2.50. The van der Waals surface area contributed by atoms with Crippen LogP contribution in [0.3, 0.4) is 0 Å². The zero-order valence-electron chi connectivity index (χ0n) is 16.3. The van der Waals surface area contributed by atoms with Crippen LogP contribution in [0.25, 0.3) is 5.57 Å². The molecule has 4 aliphatic carbocycles. The minimum atomic E-state index is -0.00729. The number of carbonyl (C=O) groups excluding carboxylic acids is 1. The van der Waals surface area contributed by atoms with E-state index >= 15 is 0 Å². The number of carbonyl (C=O) groups is 1. The Morgan fingerprint density at radius 1 is 1.14 bits per heavy atom. The summed E-state index contributed by atoms with van der Waals surface area (Å²) in [6.07, 6.45) is 11.5. The fourth-order valence-corrected chi connectivity index (χ4v) is 6.86. The molecule has 0 unspecified atom stereocenters. The molecule has 0 saturated heterocycles. The third-order valence-corrected chi connectivity index (χ3v) is 7.76. The van der Waals surface area contributed by atoms with Crippen molar-refractivity contribution in [2.45, 2.75) is 44.9 Å². The first kappa shape index (κ1) is 20.3. The zero-order chi connectivity index (χ0) is 18.4. The first-order valence-corrected chi connectivity index (χ1v) is 11.0. The summed E-state index contributed by atoms with van der Waals surface area (Å²) in [6.45, 7) is 2.70. The van der Waals surface area contributed by atoms with Crippen molar-refractivity contribution in [2.75, 3.05) is 19.6 Å². The number of amides is 1. The van der Waals surface area contributed by atoms with Crippen LogP contribution in [-0.2, 0) is 0 Å². The van der Waals surface area contributed by atoms with Gasteiger partial charge in [0.05, 0.1) is 10.6 Å². The maximum atomic E-state index is 13.0. The molecule has 28 heavy (non-hydrogen) atoms. The number of hydrogen-bond acceptors (Lipinski definition) is 2. The summed E-state index contributed by atoms with van der Waals surface area (Å²) in [5, 5.41) is 7.16. The van der Waals surface area contributed by atoms with Crippen molar-refractivity contribution < 1.29 is 4.79 Å². The fourth-order valence-electron chi connectivity index (χ4n) is 6.65. The summed E-state index contributed by atoms with van der Waals surface area (Å²) in [5.41, 5.74) is 3.41. The second kappa shape index (κ2) is 8.01. The Labute approximate surface area is 179 Å². The van der Waals surface area contributed by atoms with Gasteiger partial charge in [0.15, 0.2) is 0 Å². The van der Waals surface area contributed by atoms with Gasteiger partial charge in [-0.3, -0.25) is 4.79 Å². The van der Waals surface area contributed by atoms with E-state index in [1.807, 2.05) is 18.2 Å². The van der Waals surface area contributed by atoms with Gasteiger partial charge in [-0.15, -0.1) is 12.4 Å². The van der Waals surface area contributed by atoms with Gasteiger partial charge in [0.2, 0.25) is 0 Å². The van der Waals surface area contributed by atoms with Crippen LogP contribution in [0, 0.1) is 23.2 Å². The van der Waals surface area contributed by atoms with E-state index in [9.17, 15) is 4.79 Å². The molecule has 0 radical (unpaired) electrons. The molecular formula is C23H30Cl2N2O. The lowest BCUT2D eigenvalue weighted by Crippen LogP contribution is -2.51. The van der Waals surface area contributed by atoms with Gasteiger partial charge in [-0.05, 0) is 97.9 Å².